The number of carbonyl (C=O) groups is 2. The lowest BCUT2D eigenvalue weighted by atomic mass is 10.1. The molecule has 0 saturated carbocycles. The lowest BCUT2D eigenvalue weighted by Gasteiger charge is -2.05. The van der Waals surface area contributed by atoms with Gasteiger partial charge < -0.3 is 23.1 Å². The maximum Gasteiger partial charge on any atom is 0.187 e. The molecule has 8 nitrogen and oxygen atoms in total. The molecule has 0 aliphatic carbocycles. The molecule has 0 N–H and O–H groups in total. The predicted molar refractivity (Wildman–Crippen MR) is 262 cm³/mol. The minimum atomic E-state index is 0.0351. The average Bonchev–Trinajstić information content (AvgIpc) is 4.10. The van der Waals surface area contributed by atoms with Crippen molar-refractivity contribution in [2.75, 3.05) is 14.1 Å². The standard InChI is InChI=1S/C20H22N2O.C18H16N2O.C17H17NO/c1-4-12-22-18-8-6-5-7-16(18)17-14-15(9-10-19(17)22)20(23)11-13-21(2)3;1-2-11-20-16-6-4-3-5-14(16)15-12-13(7-8-17(15)20)18-9-10-19-21-18;1-3-10-18-16-7-5-4-6-14(16)15-11-13(12(2)19)8-9-17(15)18/h5-11,13-14H,4,12H2,1-3H3;3-10,12H,2,11H2,1H3;4-9,11H,3,10H2,1-2H3/b13-11+;;. The van der Waals surface area contributed by atoms with Gasteiger partial charge in [-0.05, 0) is 99.0 Å². The van der Waals surface area contributed by atoms with Crippen molar-refractivity contribution >= 4 is 77.0 Å². The van der Waals surface area contributed by atoms with Crippen molar-refractivity contribution in [2.24, 2.45) is 0 Å². The van der Waals surface area contributed by atoms with Gasteiger partial charge in [0, 0.05) is 134 Å². The molecule has 0 spiro atoms. The molecule has 0 bridgehead atoms. The zero-order valence-electron chi connectivity index (χ0n) is 37.1. The number of fused-ring (bicyclic) bond motifs is 9. The van der Waals surface area contributed by atoms with Crippen molar-refractivity contribution < 1.29 is 14.1 Å². The van der Waals surface area contributed by atoms with E-state index in [-0.39, 0.29) is 11.6 Å². The fourth-order valence-electron chi connectivity index (χ4n) is 8.76. The van der Waals surface area contributed by atoms with E-state index >= 15 is 0 Å². The highest BCUT2D eigenvalue weighted by atomic mass is 16.5. The minimum absolute atomic E-state index is 0.0351. The van der Waals surface area contributed by atoms with Crippen LogP contribution in [-0.4, -0.2) is 49.4 Å². The van der Waals surface area contributed by atoms with E-state index in [1.54, 1.807) is 25.4 Å². The number of rotatable bonds is 11. The van der Waals surface area contributed by atoms with Crippen LogP contribution in [0.1, 0.15) is 67.7 Å². The van der Waals surface area contributed by atoms with E-state index in [4.69, 9.17) is 4.52 Å². The largest absolute Gasteiger partial charge is 0.383 e. The summed E-state index contributed by atoms with van der Waals surface area (Å²) < 4.78 is 12.4. The molecule has 0 amide bonds. The van der Waals surface area contributed by atoms with Crippen molar-refractivity contribution in [1.82, 2.24) is 23.8 Å². The quantitative estimate of drug-likeness (QED) is 0.0958. The Kier molecular flexibility index (Phi) is 12.7. The number of aromatic nitrogens is 4. The normalized spacial score (nSPS) is 11.5. The highest BCUT2D eigenvalue weighted by molar-refractivity contribution is 6.13. The number of nitrogens with zero attached hydrogens (tertiary/aromatic N) is 5. The number of hydrogen-bond acceptors (Lipinski definition) is 5. The van der Waals surface area contributed by atoms with E-state index in [0.29, 0.717) is 0 Å². The summed E-state index contributed by atoms with van der Waals surface area (Å²) >= 11 is 0. The summed E-state index contributed by atoms with van der Waals surface area (Å²) in [6, 6.07) is 45.8. The van der Waals surface area contributed by atoms with Crippen LogP contribution in [0.5, 0.6) is 0 Å². The SMILES string of the molecule is CCCn1c2ccccc2c2cc(-c3ccno3)ccc21.CCCn1c2ccccc2c2cc(C(=O)/C=C/N(C)C)ccc21.CCCn1c2ccccc2c2cc(C(C)=O)ccc21. The van der Waals surface area contributed by atoms with Crippen molar-refractivity contribution in [3.63, 3.8) is 0 Å². The Balaban J connectivity index is 0.000000130. The van der Waals surface area contributed by atoms with Crippen molar-refractivity contribution in [3.05, 3.63) is 163 Å². The number of hydrogen-bond donors (Lipinski definition) is 0. The molecule has 0 saturated heterocycles. The van der Waals surface area contributed by atoms with Crippen molar-refractivity contribution in [3.8, 4) is 11.3 Å². The van der Waals surface area contributed by atoms with Crippen molar-refractivity contribution in [1.29, 1.82) is 0 Å². The van der Waals surface area contributed by atoms with Crippen LogP contribution in [0.4, 0.5) is 0 Å². The van der Waals surface area contributed by atoms with Crippen LogP contribution in [0.2, 0.25) is 0 Å². The predicted octanol–water partition coefficient (Wildman–Crippen LogP) is 13.7. The number of benzene rings is 6. The molecule has 4 heterocycles. The third kappa shape index (κ3) is 8.54. The molecule has 0 atom stereocenters. The number of Topliss-reactive ketones (excluding diaryl/α,β-unsaturated/α-hetero) is 1. The van der Waals surface area contributed by atoms with E-state index in [0.717, 1.165) is 66.7 Å². The van der Waals surface area contributed by atoms with Gasteiger partial charge in [0.25, 0.3) is 0 Å². The molecule has 4 aromatic heterocycles. The van der Waals surface area contributed by atoms with E-state index in [1.165, 1.54) is 60.0 Å². The van der Waals surface area contributed by atoms with Crippen LogP contribution in [0.15, 0.2) is 156 Å². The third-order valence-electron chi connectivity index (χ3n) is 11.6. The van der Waals surface area contributed by atoms with Gasteiger partial charge in [-0.25, -0.2) is 0 Å². The van der Waals surface area contributed by atoms with Gasteiger partial charge in [-0.3, -0.25) is 9.59 Å². The van der Waals surface area contributed by atoms with Crippen LogP contribution in [0.25, 0.3) is 76.7 Å². The Bertz CT molecular complexity index is 3250. The van der Waals surface area contributed by atoms with E-state index in [9.17, 15) is 9.59 Å². The third-order valence-corrected chi connectivity index (χ3v) is 11.6. The van der Waals surface area contributed by atoms with Crippen LogP contribution in [-0.2, 0) is 19.6 Å². The second-order valence-corrected chi connectivity index (χ2v) is 16.3. The van der Waals surface area contributed by atoms with Gasteiger partial charge in [0.1, 0.15) is 0 Å². The van der Waals surface area contributed by atoms with Gasteiger partial charge in [0.15, 0.2) is 17.3 Å². The van der Waals surface area contributed by atoms with Crippen LogP contribution in [0.3, 0.4) is 0 Å². The fraction of sp³-hybridized carbons (Fsp3) is 0.218. The first-order valence-electron chi connectivity index (χ1n) is 22.1. The van der Waals surface area contributed by atoms with Gasteiger partial charge in [0.05, 0.1) is 6.20 Å². The summed E-state index contributed by atoms with van der Waals surface area (Å²) in [5.74, 6) is 0.964. The average molecular weight is 834 g/mol. The van der Waals surface area contributed by atoms with Crippen LogP contribution < -0.4 is 0 Å². The topological polar surface area (TPSA) is 78.2 Å². The summed E-state index contributed by atoms with van der Waals surface area (Å²) in [7, 11) is 3.82. The molecule has 0 aliphatic heterocycles. The molecular weight excluding hydrogens is 779 g/mol. The van der Waals surface area contributed by atoms with Gasteiger partial charge in [-0.15, -0.1) is 0 Å². The summed E-state index contributed by atoms with van der Waals surface area (Å²) in [6.07, 6.45) is 8.39. The fourth-order valence-corrected chi connectivity index (χ4v) is 8.76. The molecule has 6 aromatic carbocycles. The van der Waals surface area contributed by atoms with Gasteiger partial charge in [-0.1, -0.05) is 80.5 Å². The summed E-state index contributed by atoms with van der Waals surface area (Å²) in [5, 5.41) is 11.1. The molecule has 10 rings (SSSR count). The summed E-state index contributed by atoms with van der Waals surface area (Å²) in [6.45, 7) is 11.2. The smallest absolute Gasteiger partial charge is 0.187 e. The van der Waals surface area contributed by atoms with Crippen molar-refractivity contribution in [2.45, 2.75) is 66.6 Å². The van der Waals surface area contributed by atoms with Gasteiger partial charge >= 0.3 is 0 Å². The van der Waals surface area contributed by atoms with E-state index in [2.05, 4.69) is 143 Å². The van der Waals surface area contributed by atoms with E-state index in [1.807, 2.05) is 49.3 Å². The molecule has 10 aromatic rings. The Hall–Kier alpha value is -7.19. The zero-order chi connectivity index (χ0) is 44.0. The Labute approximate surface area is 368 Å². The summed E-state index contributed by atoms with van der Waals surface area (Å²) in [4.78, 5) is 25.8. The van der Waals surface area contributed by atoms with E-state index < -0.39 is 0 Å². The molecule has 0 unspecified atom stereocenters. The van der Waals surface area contributed by atoms with Gasteiger partial charge in [0.2, 0.25) is 0 Å². The highest BCUT2D eigenvalue weighted by Gasteiger charge is 2.15. The second kappa shape index (κ2) is 18.8. The molecule has 0 aliphatic rings. The van der Waals surface area contributed by atoms with Crippen LogP contribution in [0, 0.1) is 0 Å². The van der Waals surface area contributed by atoms with Gasteiger partial charge in [-0.2, -0.15) is 0 Å². The maximum absolute atomic E-state index is 12.3. The lowest BCUT2D eigenvalue weighted by molar-refractivity contribution is 0.101. The molecule has 8 heteroatoms. The Morgan fingerprint density at radius 2 is 0.968 bits per heavy atom. The first-order chi connectivity index (χ1) is 30.7. The first-order valence-corrected chi connectivity index (χ1v) is 22.1. The number of aryl methyl sites for hydroxylation is 3. The number of carbonyl (C=O) groups excluding carboxylic acids is 2. The molecule has 0 radical (unpaired) electrons. The Morgan fingerprint density at radius 3 is 1.41 bits per heavy atom. The van der Waals surface area contributed by atoms with Crippen LogP contribution >= 0.6 is 0 Å². The number of ketones is 2. The Morgan fingerprint density at radius 1 is 0.540 bits per heavy atom. The number of para-hydroxylation sites is 3. The summed E-state index contributed by atoms with van der Waals surface area (Å²) in [5.41, 5.74) is 10.1. The monoisotopic (exact) mass is 833 g/mol. The molecule has 318 valence electrons. The second-order valence-electron chi connectivity index (χ2n) is 16.3. The minimum Gasteiger partial charge on any atom is -0.383 e. The first kappa shape index (κ1) is 42.5. The number of allylic oxidation sites excluding steroid dienone is 1. The highest BCUT2D eigenvalue weighted by Crippen LogP contribution is 2.34. The lowest BCUT2D eigenvalue weighted by Crippen LogP contribution is -2.03. The maximum atomic E-state index is 12.3. The zero-order valence-corrected chi connectivity index (χ0v) is 37.1. The molecule has 0 fully saturated rings. The molecular formula is C55H55N5O3. The molecule has 63 heavy (non-hydrogen) atoms.